The van der Waals surface area contributed by atoms with Crippen LogP contribution in [0.2, 0.25) is 0 Å². The molecule has 0 saturated carbocycles. The molecule has 0 radical (unpaired) electrons. The van der Waals surface area contributed by atoms with Crippen molar-refractivity contribution in [2.24, 2.45) is 5.14 Å². The number of carbonyl (C=O) groups is 1. The van der Waals surface area contributed by atoms with E-state index in [1.807, 2.05) is 0 Å². The highest BCUT2D eigenvalue weighted by Crippen LogP contribution is 2.22. The van der Waals surface area contributed by atoms with Crippen LogP contribution in [0.1, 0.15) is 27.0 Å². The minimum Gasteiger partial charge on any atom is -0.322 e. The third-order valence-corrected chi connectivity index (χ3v) is 4.67. The number of hydrogen-bond acceptors (Lipinski definition) is 3. The smallest absolute Gasteiger partial charge is 0.255 e. The van der Waals surface area contributed by atoms with Gasteiger partial charge in [-0.25, -0.2) is 17.9 Å². The van der Waals surface area contributed by atoms with E-state index in [9.17, 15) is 17.6 Å². The molecule has 0 heterocycles. The zero-order chi connectivity index (χ0) is 17.4. The summed E-state index contributed by atoms with van der Waals surface area (Å²) < 4.78 is 36.6. The summed E-state index contributed by atoms with van der Waals surface area (Å²) in [5.74, 6) is -1.01. The second-order valence-corrected chi connectivity index (χ2v) is 6.90. The van der Waals surface area contributed by atoms with Crippen LogP contribution in [0.5, 0.6) is 0 Å². The molecule has 3 N–H and O–H groups in total. The van der Waals surface area contributed by atoms with Gasteiger partial charge in [0.05, 0.1) is 4.90 Å². The number of sulfonamides is 1. The molecule has 2 aromatic carbocycles. The van der Waals surface area contributed by atoms with Crippen molar-refractivity contribution in [3.05, 3.63) is 58.4 Å². The van der Waals surface area contributed by atoms with E-state index in [0.29, 0.717) is 22.4 Å². The molecular formula is C16H17FN2O3S. The fourth-order valence-electron chi connectivity index (χ4n) is 2.18. The number of hydrogen-bond donors (Lipinski definition) is 2. The fourth-order valence-corrected chi connectivity index (χ4v) is 3.06. The van der Waals surface area contributed by atoms with Crippen LogP contribution < -0.4 is 10.5 Å². The van der Waals surface area contributed by atoms with Crippen molar-refractivity contribution in [2.45, 2.75) is 25.7 Å². The molecule has 0 atom stereocenters. The Morgan fingerprint density at radius 3 is 2.35 bits per heavy atom. The van der Waals surface area contributed by atoms with E-state index in [1.165, 1.54) is 18.2 Å². The second-order valence-electron chi connectivity index (χ2n) is 5.37. The van der Waals surface area contributed by atoms with E-state index in [2.05, 4.69) is 5.32 Å². The minimum atomic E-state index is -3.94. The Kier molecular flexibility index (Phi) is 4.53. The summed E-state index contributed by atoms with van der Waals surface area (Å²) in [6.45, 7) is 5.03. The molecule has 0 fully saturated rings. The number of amides is 1. The first kappa shape index (κ1) is 17.1. The lowest BCUT2D eigenvalue weighted by Gasteiger charge is -2.12. The quantitative estimate of drug-likeness (QED) is 0.903. The first-order chi connectivity index (χ1) is 10.6. The number of nitrogens with two attached hydrogens (primary N) is 1. The number of benzene rings is 2. The van der Waals surface area contributed by atoms with E-state index in [0.717, 1.165) is 0 Å². The van der Waals surface area contributed by atoms with Crippen LogP contribution >= 0.6 is 0 Å². The number of rotatable bonds is 3. The van der Waals surface area contributed by atoms with Crippen molar-refractivity contribution in [1.29, 1.82) is 0 Å². The normalized spacial score (nSPS) is 11.3. The Balaban J connectivity index is 2.44. The average Bonchev–Trinajstić information content (AvgIpc) is 2.44. The minimum absolute atomic E-state index is 0.0985. The molecule has 7 heteroatoms. The van der Waals surface area contributed by atoms with E-state index < -0.39 is 21.7 Å². The van der Waals surface area contributed by atoms with Crippen molar-refractivity contribution in [1.82, 2.24) is 0 Å². The predicted octanol–water partition coefficient (Wildman–Crippen LogP) is 2.65. The summed E-state index contributed by atoms with van der Waals surface area (Å²) in [5, 5.41) is 7.76. The number of halogens is 1. The molecule has 0 unspecified atom stereocenters. The Bertz CT molecular complexity index is 892. The molecule has 0 aliphatic heterocycles. The lowest BCUT2D eigenvalue weighted by Crippen LogP contribution is -2.18. The van der Waals surface area contributed by atoms with E-state index >= 15 is 0 Å². The molecule has 2 aromatic rings. The zero-order valence-electron chi connectivity index (χ0n) is 13.0. The summed E-state index contributed by atoms with van der Waals surface area (Å²) >= 11 is 0. The molecule has 0 aromatic heterocycles. The van der Waals surface area contributed by atoms with E-state index in [4.69, 9.17) is 5.14 Å². The molecule has 1 amide bonds. The third-order valence-electron chi connectivity index (χ3n) is 3.64. The summed E-state index contributed by atoms with van der Waals surface area (Å²) in [6, 6.07) is 6.83. The van der Waals surface area contributed by atoms with Crippen LogP contribution in [0, 0.1) is 26.6 Å². The summed E-state index contributed by atoms with van der Waals surface area (Å²) in [5.41, 5.74) is 2.27. The highest BCUT2D eigenvalue weighted by molar-refractivity contribution is 7.89. The van der Waals surface area contributed by atoms with Gasteiger partial charge in [-0.2, -0.15) is 0 Å². The molecule has 0 aliphatic carbocycles. The summed E-state index contributed by atoms with van der Waals surface area (Å²) in [6.07, 6.45) is 0. The summed E-state index contributed by atoms with van der Waals surface area (Å²) in [4.78, 5) is 12.3. The Hall–Kier alpha value is -2.25. The van der Waals surface area contributed by atoms with Crippen molar-refractivity contribution in [3.63, 3.8) is 0 Å². The van der Waals surface area contributed by atoms with Gasteiger partial charge in [0.15, 0.2) is 0 Å². The van der Waals surface area contributed by atoms with Gasteiger partial charge in [0.25, 0.3) is 5.91 Å². The van der Waals surface area contributed by atoms with Crippen molar-refractivity contribution in [2.75, 3.05) is 5.32 Å². The van der Waals surface area contributed by atoms with Gasteiger partial charge in [0.1, 0.15) is 5.82 Å². The lowest BCUT2D eigenvalue weighted by atomic mass is 10.1. The summed E-state index contributed by atoms with van der Waals surface area (Å²) in [7, 11) is -3.94. The SMILES string of the molecule is Cc1ccc(F)cc1NC(=O)c1cc(C)c(C)c(S(N)(=O)=O)c1. The van der Waals surface area contributed by atoms with Crippen molar-refractivity contribution >= 4 is 21.6 Å². The van der Waals surface area contributed by atoms with Crippen LogP contribution in [-0.2, 0) is 10.0 Å². The number of primary sulfonamides is 1. The highest BCUT2D eigenvalue weighted by atomic mass is 32.2. The van der Waals surface area contributed by atoms with Crippen LogP contribution in [0.3, 0.4) is 0 Å². The molecule has 0 aliphatic rings. The van der Waals surface area contributed by atoms with Gasteiger partial charge < -0.3 is 5.32 Å². The van der Waals surface area contributed by atoms with Crippen LogP contribution in [0.15, 0.2) is 35.2 Å². The number of nitrogens with one attached hydrogen (secondary N) is 1. The van der Waals surface area contributed by atoms with Gasteiger partial charge in [-0.05, 0) is 61.7 Å². The molecule has 5 nitrogen and oxygen atoms in total. The first-order valence-electron chi connectivity index (χ1n) is 6.81. The third kappa shape index (κ3) is 3.75. The topological polar surface area (TPSA) is 89.3 Å². The lowest BCUT2D eigenvalue weighted by molar-refractivity contribution is 0.102. The zero-order valence-corrected chi connectivity index (χ0v) is 13.8. The van der Waals surface area contributed by atoms with Crippen molar-refractivity contribution < 1.29 is 17.6 Å². The molecular weight excluding hydrogens is 319 g/mol. The number of anilines is 1. The molecule has 23 heavy (non-hydrogen) atoms. The van der Waals surface area contributed by atoms with Crippen molar-refractivity contribution in [3.8, 4) is 0 Å². The van der Waals surface area contributed by atoms with Gasteiger partial charge in [-0.15, -0.1) is 0 Å². The molecule has 0 spiro atoms. The molecule has 0 bridgehead atoms. The van der Waals surface area contributed by atoms with Crippen LogP contribution in [0.25, 0.3) is 0 Å². The monoisotopic (exact) mass is 336 g/mol. The Labute approximate surface area is 134 Å². The maximum absolute atomic E-state index is 13.3. The standard InChI is InChI=1S/C16H17FN2O3S/c1-9-4-5-13(17)8-14(9)19-16(20)12-6-10(2)11(3)15(7-12)23(18,21)22/h4-8H,1-3H3,(H,19,20)(H2,18,21,22). The Morgan fingerprint density at radius 2 is 1.74 bits per heavy atom. The van der Waals surface area contributed by atoms with E-state index in [1.54, 1.807) is 32.9 Å². The van der Waals surface area contributed by atoms with Gasteiger partial charge >= 0.3 is 0 Å². The van der Waals surface area contributed by atoms with E-state index in [-0.39, 0.29) is 10.5 Å². The highest BCUT2D eigenvalue weighted by Gasteiger charge is 2.18. The number of aryl methyl sites for hydroxylation is 2. The van der Waals surface area contributed by atoms with Gasteiger partial charge in [-0.1, -0.05) is 6.07 Å². The van der Waals surface area contributed by atoms with Gasteiger partial charge in [0, 0.05) is 11.3 Å². The fraction of sp³-hybridized carbons (Fsp3) is 0.188. The average molecular weight is 336 g/mol. The van der Waals surface area contributed by atoms with Gasteiger partial charge in [-0.3, -0.25) is 4.79 Å². The molecule has 2 rings (SSSR count). The maximum Gasteiger partial charge on any atom is 0.255 e. The van der Waals surface area contributed by atoms with Gasteiger partial charge in [0.2, 0.25) is 10.0 Å². The van der Waals surface area contributed by atoms with Crippen LogP contribution in [-0.4, -0.2) is 14.3 Å². The number of carbonyl (C=O) groups excluding carboxylic acids is 1. The maximum atomic E-state index is 13.3. The second kappa shape index (κ2) is 6.10. The molecule has 0 saturated heterocycles. The first-order valence-corrected chi connectivity index (χ1v) is 8.36. The van der Waals surface area contributed by atoms with Crippen LogP contribution in [0.4, 0.5) is 10.1 Å². The Morgan fingerprint density at radius 1 is 1.09 bits per heavy atom. The predicted molar refractivity (Wildman–Crippen MR) is 86.4 cm³/mol. The molecule has 122 valence electrons. The largest absolute Gasteiger partial charge is 0.322 e.